The van der Waals surface area contributed by atoms with Gasteiger partial charge in [0.1, 0.15) is 0 Å². The fourth-order valence-corrected chi connectivity index (χ4v) is 4.04. The Morgan fingerprint density at radius 1 is 0.815 bits per heavy atom. The number of hydrogen-bond acceptors (Lipinski definition) is 0. The molecule has 0 bridgehead atoms. The van der Waals surface area contributed by atoms with E-state index < -0.39 is 0 Å². The summed E-state index contributed by atoms with van der Waals surface area (Å²) in [5.74, 6) is 0.491. The number of hydrogen-bond donors (Lipinski definition) is 0. The van der Waals surface area contributed by atoms with Crippen molar-refractivity contribution in [2.45, 2.75) is 61.3 Å². The molecule has 0 spiro atoms. The van der Waals surface area contributed by atoms with Gasteiger partial charge < -0.3 is 0 Å². The third kappa shape index (κ3) is 3.94. The molecule has 0 saturated carbocycles. The van der Waals surface area contributed by atoms with Crippen LogP contribution in [0.4, 0.5) is 0 Å². The van der Waals surface area contributed by atoms with E-state index in [4.69, 9.17) is 0 Å². The van der Waals surface area contributed by atoms with Crippen LogP contribution in [0, 0.1) is 54.5 Å². The van der Waals surface area contributed by atoms with Crippen LogP contribution in [-0.2, 0) is 25.8 Å². The Balaban J connectivity index is 0.000000208. The second-order valence-corrected chi connectivity index (χ2v) is 7.91. The quantitative estimate of drug-likeness (QED) is 0.217. The van der Waals surface area contributed by atoms with Crippen molar-refractivity contribution in [1.29, 1.82) is 0 Å². The summed E-state index contributed by atoms with van der Waals surface area (Å²) in [4.78, 5) is 0. The molecule has 0 saturated heterocycles. The molecule has 1 unspecified atom stereocenters. The van der Waals surface area contributed by atoms with Gasteiger partial charge in [-0.15, -0.1) is 11.1 Å². The first-order chi connectivity index (χ1) is 12.2. The molecule has 0 N–H and O–H groups in total. The Morgan fingerprint density at radius 2 is 1.37 bits per heavy atom. The topological polar surface area (TPSA) is 0 Å². The number of rotatable bonds is 0. The van der Waals surface area contributed by atoms with E-state index >= 15 is 0 Å². The van der Waals surface area contributed by atoms with Gasteiger partial charge in [-0.25, -0.2) is 0 Å². The second kappa shape index (κ2) is 8.35. The summed E-state index contributed by atoms with van der Waals surface area (Å²) in [6, 6.07) is 14.6. The van der Waals surface area contributed by atoms with E-state index in [1.807, 2.05) is 0 Å². The van der Waals surface area contributed by atoms with Crippen molar-refractivity contribution in [1.82, 2.24) is 0 Å². The van der Waals surface area contributed by atoms with Gasteiger partial charge in [0.15, 0.2) is 0 Å². The first-order valence-electron chi connectivity index (χ1n) is 9.55. The third-order valence-corrected chi connectivity index (χ3v) is 6.33. The van der Waals surface area contributed by atoms with Crippen molar-refractivity contribution in [2.75, 3.05) is 0 Å². The summed E-state index contributed by atoms with van der Waals surface area (Å²) in [6.07, 6.45) is 0. The van der Waals surface area contributed by atoms with Crippen LogP contribution in [-0.4, -0.2) is 0 Å². The van der Waals surface area contributed by atoms with E-state index in [0.717, 1.165) is 0 Å². The summed E-state index contributed by atoms with van der Waals surface area (Å²) < 4.78 is 0. The van der Waals surface area contributed by atoms with Gasteiger partial charge >= 0.3 is 0 Å². The number of benzene rings is 2. The molecule has 0 aromatic heterocycles. The summed E-state index contributed by atoms with van der Waals surface area (Å²) in [6.45, 7) is 17.5. The van der Waals surface area contributed by atoms with Gasteiger partial charge in [-0.2, -0.15) is 51.6 Å². The minimum Gasteiger partial charge on any atom is -0.196 e. The zero-order valence-corrected chi connectivity index (χ0v) is 21.6. The average molecular weight is 521 g/mol. The smallest absolute Gasteiger partial charge is 0 e. The first-order valence-corrected chi connectivity index (χ1v) is 9.55. The molecule has 0 aliphatic heterocycles. The predicted molar refractivity (Wildman–Crippen MR) is 113 cm³/mol. The van der Waals surface area contributed by atoms with Crippen molar-refractivity contribution in [3.05, 3.63) is 86.5 Å². The van der Waals surface area contributed by atoms with Crippen LogP contribution in [0.5, 0.6) is 0 Å². The maximum Gasteiger partial charge on any atom is 0 e. The SMILES string of the molecule is Cc1[c-]c2c(cc1)-c1ccc(C)cc1C2C.Cc1c(C)c(C)[c-](C)c1C.[Hf]. The van der Waals surface area contributed by atoms with Crippen molar-refractivity contribution in [3.8, 4) is 11.1 Å². The zero-order chi connectivity index (χ0) is 19.2. The average Bonchev–Trinajstić information content (AvgIpc) is 2.98. The Morgan fingerprint density at radius 3 is 1.89 bits per heavy atom. The molecule has 0 nitrogen and oxygen atoms in total. The van der Waals surface area contributed by atoms with Crippen molar-refractivity contribution in [2.24, 2.45) is 0 Å². The number of fused-ring (bicyclic) bond motifs is 3. The number of aryl methyl sites for hydroxylation is 2. The van der Waals surface area contributed by atoms with Gasteiger partial charge in [0, 0.05) is 25.8 Å². The van der Waals surface area contributed by atoms with Gasteiger partial charge in [0.05, 0.1) is 0 Å². The molecule has 140 valence electrons. The van der Waals surface area contributed by atoms with E-state index in [2.05, 4.69) is 91.8 Å². The normalized spacial score (nSPS) is 14.0. The Bertz CT molecular complexity index is 841. The fraction of sp³-hybridized carbons (Fsp3) is 0.346. The maximum absolute atomic E-state index is 3.50. The molecule has 1 aliphatic carbocycles. The van der Waals surface area contributed by atoms with E-state index in [9.17, 15) is 0 Å². The molecule has 1 atom stereocenters. The molecule has 0 amide bonds. The molecule has 3 aromatic carbocycles. The van der Waals surface area contributed by atoms with Crippen molar-refractivity contribution in [3.63, 3.8) is 0 Å². The Hall–Kier alpha value is -1.34. The van der Waals surface area contributed by atoms with Crippen molar-refractivity contribution < 1.29 is 25.8 Å². The third-order valence-electron chi connectivity index (χ3n) is 6.33. The summed E-state index contributed by atoms with van der Waals surface area (Å²) >= 11 is 0. The molecule has 4 rings (SSSR count). The molecule has 0 heterocycles. The van der Waals surface area contributed by atoms with Crippen LogP contribution in [0.15, 0.2) is 30.3 Å². The molecule has 0 fully saturated rings. The van der Waals surface area contributed by atoms with Crippen molar-refractivity contribution >= 4 is 0 Å². The summed E-state index contributed by atoms with van der Waals surface area (Å²) in [5, 5.41) is 0. The molecular weight excluding hydrogens is 491 g/mol. The first kappa shape index (κ1) is 22.0. The predicted octanol–water partition coefficient (Wildman–Crippen LogP) is 7.18. The van der Waals surface area contributed by atoms with E-state index in [1.165, 1.54) is 61.2 Å². The van der Waals surface area contributed by atoms with Gasteiger partial charge in [-0.1, -0.05) is 77.8 Å². The maximum atomic E-state index is 3.50. The van der Waals surface area contributed by atoms with Gasteiger partial charge in [0.2, 0.25) is 0 Å². The molecule has 27 heavy (non-hydrogen) atoms. The second-order valence-electron chi connectivity index (χ2n) is 7.91. The van der Waals surface area contributed by atoms with E-state index in [0.29, 0.717) is 5.92 Å². The van der Waals surface area contributed by atoms with E-state index in [1.54, 1.807) is 0 Å². The largest absolute Gasteiger partial charge is 0.196 e. The van der Waals surface area contributed by atoms with Crippen LogP contribution in [0.3, 0.4) is 0 Å². The molecule has 1 heteroatoms. The minimum absolute atomic E-state index is 0. The molecule has 3 aromatic rings. The molecule has 0 radical (unpaired) electrons. The minimum atomic E-state index is 0. The molecule has 1 aliphatic rings. The van der Waals surface area contributed by atoms with Crippen LogP contribution in [0.2, 0.25) is 0 Å². The van der Waals surface area contributed by atoms with Gasteiger partial charge in [-0.05, 0) is 18.4 Å². The summed E-state index contributed by atoms with van der Waals surface area (Å²) in [7, 11) is 0. The van der Waals surface area contributed by atoms with E-state index in [-0.39, 0.29) is 25.8 Å². The van der Waals surface area contributed by atoms with Crippen LogP contribution >= 0.6 is 0 Å². The monoisotopic (exact) mass is 522 g/mol. The van der Waals surface area contributed by atoms with Crippen LogP contribution in [0.1, 0.15) is 62.9 Å². The van der Waals surface area contributed by atoms with Gasteiger partial charge in [0.25, 0.3) is 0 Å². The zero-order valence-electron chi connectivity index (χ0n) is 18.0. The van der Waals surface area contributed by atoms with Crippen LogP contribution < -0.4 is 0 Å². The summed E-state index contributed by atoms with van der Waals surface area (Å²) in [5.41, 5.74) is 15.5. The van der Waals surface area contributed by atoms with Gasteiger partial charge in [-0.3, -0.25) is 0 Å². The molecular formula is C26H30Hf-2. The Kier molecular flexibility index (Phi) is 6.79. The standard InChI is InChI=1S/C16H15.C10H15.Hf/c1-10-4-6-13-14-7-5-11(2)9-16(14)12(3)15(13)8-10;1-6-7(2)9(4)10(5)8(6)3;/h4-8,12H,1-3H3;1-5H3;/q2*-1;. The fourth-order valence-electron chi connectivity index (χ4n) is 4.04. The van der Waals surface area contributed by atoms with Crippen LogP contribution in [0.25, 0.3) is 11.1 Å². The Labute approximate surface area is 184 Å².